The zero-order chi connectivity index (χ0) is 24.9. The van der Waals surface area contributed by atoms with Crippen LogP contribution in [0.2, 0.25) is 5.02 Å². The second kappa shape index (κ2) is 10.4. The topological polar surface area (TPSA) is 115 Å². The van der Waals surface area contributed by atoms with E-state index < -0.39 is 30.3 Å². The van der Waals surface area contributed by atoms with Crippen LogP contribution in [0.1, 0.15) is 43.6 Å². The van der Waals surface area contributed by atoms with Crippen molar-refractivity contribution in [2.45, 2.75) is 13.5 Å². The lowest BCUT2D eigenvalue weighted by molar-refractivity contribution is -0.119. The summed E-state index contributed by atoms with van der Waals surface area (Å²) in [6.07, 6.45) is 1.37. The molecular formula is C25H20ClN3O6. The minimum atomic E-state index is -0.795. The Morgan fingerprint density at radius 1 is 1.03 bits per heavy atom. The van der Waals surface area contributed by atoms with Gasteiger partial charge < -0.3 is 14.8 Å². The third-order valence-corrected chi connectivity index (χ3v) is 5.34. The summed E-state index contributed by atoms with van der Waals surface area (Å²) in [5.74, 6) is -1.69. The Bertz CT molecular complexity index is 1270. The van der Waals surface area contributed by atoms with E-state index in [0.717, 1.165) is 4.90 Å². The van der Waals surface area contributed by atoms with Gasteiger partial charge in [0.1, 0.15) is 17.1 Å². The molecule has 1 aliphatic heterocycles. The van der Waals surface area contributed by atoms with Gasteiger partial charge in [-0.2, -0.15) is 0 Å². The van der Waals surface area contributed by atoms with Gasteiger partial charge in [-0.1, -0.05) is 29.8 Å². The van der Waals surface area contributed by atoms with E-state index in [1.54, 1.807) is 49.4 Å². The molecule has 0 saturated carbocycles. The van der Waals surface area contributed by atoms with Gasteiger partial charge in [-0.3, -0.25) is 19.3 Å². The number of rotatable bonds is 8. The Morgan fingerprint density at radius 3 is 2.37 bits per heavy atom. The first-order chi connectivity index (χ1) is 16.9. The number of pyridine rings is 1. The second-order valence-electron chi connectivity index (χ2n) is 7.49. The van der Waals surface area contributed by atoms with Crippen molar-refractivity contribution >= 4 is 41.1 Å². The van der Waals surface area contributed by atoms with E-state index in [-0.39, 0.29) is 23.7 Å². The summed E-state index contributed by atoms with van der Waals surface area (Å²) in [5, 5.41) is 2.91. The number of aromatic nitrogens is 1. The lowest BCUT2D eigenvalue weighted by Gasteiger charge is -2.16. The van der Waals surface area contributed by atoms with Crippen molar-refractivity contribution in [1.82, 2.24) is 9.88 Å². The molecule has 0 bridgehead atoms. The molecule has 4 rings (SSSR count). The van der Waals surface area contributed by atoms with E-state index in [1.807, 2.05) is 0 Å². The molecule has 35 heavy (non-hydrogen) atoms. The Balaban J connectivity index is 1.46. The number of hydrogen-bond acceptors (Lipinski definition) is 7. The Morgan fingerprint density at radius 2 is 1.74 bits per heavy atom. The number of carbonyl (C=O) groups is 4. The smallest absolute Gasteiger partial charge is 0.342 e. The van der Waals surface area contributed by atoms with Crippen LogP contribution in [-0.2, 0) is 16.1 Å². The fourth-order valence-electron chi connectivity index (χ4n) is 3.52. The molecule has 0 saturated heterocycles. The number of hydrogen-bond donors (Lipinski definition) is 1. The summed E-state index contributed by atoms with van der Waals surface area (Å²) in [6, 6.07) is 14.4. The minimum absolute atomic E-state index is 0.0399. The van der Waals surface area contributed by atoms with Crippen LogP contribution < -0.4 is 10.1 Å². The fourth-order valence-corrected chi connectivity index (χ4v) is 3.63. The van der Waals surface area contributed by atoms with Crippen LogP contribution in [0.3, 0.4) is 0 Å². The van der Waals surface area contributed by atoms with E-state index in [1.165, 1.54) is 18.3 Å². The average molecular weight is 494 g/mol. The predicted molar refractivity (Wildman–Crippen MR) is 126 cm³/mol. The van der Waals surface area contributed by atoms with Crippen molar-refractivity contribution in [1.29, 1.82) is 0 Å². The summed E-state index contributed by atoms with van der Waals surface area (Å²) >= 11 is 5.77. The highest BCUT2D eigenvalue weighted by atomic mass is 35.5. The molecule has 3 aromatic rings. The molecule has 3 amide bonds. The van der Waals surface area contributed by atoms with Gasteiger partial charge in [0.25, 0.3) is 17.7 Å². The number of anilines is 1. The molecule has 0 unspecified atom stereocenters. The first-order valence-corrected chi connectivity index (χ1v) is 11.0. The highest BCUT2D eigenvalue weighted by Gasteiger charge is 2.35. The number of carbonyl (C=O) groups excluding carboxylic acids is 4. The van der Waals surface area contributed by atoms with Gasteiger partial charge in [0.2, 0.25) is 0 Å². The molecular weight excluding hydrogens is 474 g/mol. The van der Waals surface area contributed by atoms with Crippen molar-refractivity contribution in [3.63, 3.8) is 0 Å². The van der Waals surface area contributed by atoms with Gasteiger partial charge in [-0.05, 0) is 48.9 Å². The normalized spacial score (nSPS) is 12.3. The molecule has 0 fully saturated rings. The largest absolute Gasteiger partial charge is 0.493 e. The first-order valence-electron chi connectivity index (χ1n) is 10.7. The van der Waals surface area contributed by atoms with Crippen molar-refractivity contribution < 1.29 is 28.7 Å². The van der Waals surface area contributed by atoms with E-state index in [9.17, 15) is 19.2 Å². The molecule has 1 aliphatic rings. The molecule has 0 radical (unpaired) electrons. The SMILES string of the molecule is CCOc1ccc(CN2C(=O)c3ccccc3C2=O)cc1C(=O)OCC(=O)Nc1ccc(Cl)cn1. The number of halogens is 1. The predicted octanol–water partition coefficient (Wildman–Crippen LogP) is 3.73. The molecule has 1 N–H and O–H groups in total. The van der Waals surface area contributed by atoms with E-state index in [4.69, 9.17) is 21.1 Å². The maximum Gasteiger partial charge on any atom is 0.342 e. The summed E-state index contributed by atoms with van der Waals surface area (Å²) in [5.41, 5.74) is 1.26. The maximum absolute atomic E-state index is 12.8. The van der Waals surface area contributed by atoms with Crippen LogP contribution in [0.5, 0.6) is 5.75 Å². The first kappa shape index (κ1) is 23.9. The minimum Gasteiger partial charge on any atom is -0.493 e. The number of ether oxygens (including phenoxy) is 2. The van der Waals surface area contributed by atoms with Crippen LogP contribution in [0.25, 0.3) is 0 Å². The average Bonchev–Trinajstić information content (AvgIpc) is 3.10. The zero-order valence-corrected chi connectivity index (χ0v) is 19.4. The quantitative estimate of drug-likeness (QED) is 0.375. The Labute approximate surface area is 205 Å². The van der Waals surface area contributed by atoms with E-state index >= 15 is 0 Å². The number of nitrogens with one attached hydrogen (secondary N) is 1. The lowest BCUT2D eigenvalue weighted by atomic mass is 10.1. The van der Waals surface area contributed by atoms with Gasteiger partial charge in [0.15, 0.2) is 6.61 Å². The van der Waals surface area contributed by atoms with Crippen LogP contribution in [0.4, 0.5) is 5.82 Å². The van der Waals surface area contributed by atoms with Crippen LogP contribution >= 0.6 is 11.6 Å². The number of esters is 1. The molecule has 0 atom stereocenters. The number of imide groups is 1. The molecule has 2 aromatic carbocycles. The standard InChI is InChI=1S/C25H20ClN3O6/c1-2-34-20-9-7-15(13-29-23(31)17-5-3-4-6-18(17)24(29)32)11-19(20)25(33)35-14-22(30)28-21-10-8-16(26)12-27-21/h3-12H,2,13-14H2,1H3,(H,27,28,30). The number of amides is 3. The number of fused-ring (bicyclic) bond motifs is 1. The third kappa shape index (κ3) is 5.30. The van der Waals surface area contributed by atoms with Crippen molar-refractivity contribution in [3.05, 3.63) is 88.1 Å². The monoisotopic (exact) mass is 493 g/mol. The van der Waals surface area contributed by atoms with Crippen LogP contribution in [0.15, 0.2) is 60.8 Å². The van der Waals surface area contributed by atoms with Gasteiger partial charge in [0.05, 0.1) is 29.3 Å². The van der Waals surface area contributed by atoms with Gasteiger partial charge in [-0.25, -0.2) is 9.78 Å². The van der Waals surface area contributed by atoms with Crippen molar-refractivity contribution in [2.24, 2.45) is 0 Å². The Kier molecular flexibility index (Phi) is 7.07. The molecule has 9 nitrogen and oxygen atoms in total. The number of nitrogens with zero attached hydrogens (tertiary/aromatic N) is 2. The highest BCUT2D eigenvalue weighted by molar-refractivity contribution is 6.30. The van der Waals surface area contributed by atoms with Crippen LogP contribution in [-0.4, -0.2) is 46.8 Å². The van der Waals surface area contributed by atoms with Gasteiger partial charge in [0, 0.05) is 6.20 Å². The molecule has 2 heterocycles. The fraction of sp³-hybridized carbons (Fsp3) is 0.160. The third-order valence-electron chi connectivity index (χ3n) is 5.11. The van der Waals surface area contributed by atoms with Crippen LogP contribution in [0, 0.1) is 0 Å². The summed E-state index contributed by atoms with van der Waals surface area (Å²) in [4.78, 5) is 55.3. The van der Waals surface area contributed by atoms with Crippen molar-refractivity contribution in [2.75, 3.05) is 18.5 Å². The lowest BCUT2D eigenvalue weighted by Crippen LogP contribution is -2.29. The highest BCUT2D eigenvalue weighted by Crippen LogP contribution is 2.27. The zero-order valence-electron chi connectivity index (χ0n) is 18.6. The second-order valence-corrected chi connectivity index (χ2v) is 7.93. The molecule has 1 aromatic heterocycles. The molecule has 10 heteroatoms. The van der Waals surface area contributed by atoms with E-state index in [2.05, 4.69) is 10.3 Å². The maximum atomic E-state index is 12.8. The Hall–Kier alpha value is -4.24. The molecule has 178 valence electrons. The summed E-state index contributed by atoms with van der Waals surface area (Å²) < 4.78 is 10.7. The van der Waals surface area contributed by atoms with Gasteiger partial charge >= 0.3 is 5.97 Å². The summed E-state index contributed by atoms with van der Waals surface area (Å²) in [7, 11) is 0. The van der Waals surface area contributed by atoms with Gasteiger partial charge in [-0.15, -0.1) is 0 Å². The molecule has 0 spiro atoms. The molecule has 0 aliphatic carbocycles. The van der Waals surface area contributed by atoms with Crippen molar-refractivity contribution in [3.8, 4) is 5.75 Å². The van der Waals surface area contributed by atoms with E-state index in [0.29, 0.717) is 28.3 Å². The summed E-state index contributed by atoms with van der Waals surface area (Å²) in [6.45, 7) is 1.45. The number of benzene rings is 2.